The summed E-state index contributed by atoms with van der Waals surface area (Å²) in [6.07, 6.45) is 1.18. The number of ether oxygens (including phenoxy) is 1. The number of halogens is 1. The third kappa shape index (κ3) is 4.90. The standard InChI is InChI=1S/C23H22FN3O5S2/c1-32-18-11-13-19(14-12-18)34(30,31)27-23(20-5-3-4-6-21(20)24)15-22(25-27)16-7-9-17(10-8-16)26-33(2,28)29/h3-14,23,26H,15H2,1-2H3. The molecule has 3 aromatic carbocycles. The average molecular weight is 504 g/mol. The molecule has 0 amide bonds. The van der Waals surface area contributed by atoms with Gasteiger partial charge in [0.05, 0.1) is 30.0 Å². The highest BCUT2D eigenvalue weighted by Crippen LogP contribution is 2.38. The van der Waals surface area contributed by atoms with Crippen molar-refractivity contribution >= 4 is 31.4 Å². The number of hydrogen-bond donors (Lipinski definition) is 1. The maximum absolute atomic E-state index is 14.7. The van der Waals surface area contributed by atoms with E-state index < -0.39 is 31.9 Å². The van der Waals surface area contributed by atoms with Crippen LogP contribution in [0.5, 0.6) is 5.75 Å². The molecule has 0 fully saturated rings. The lowest BCUT2D eigenvalue weighted by molar-refractivity contribution is 0.362. The van der Waals surface area contributed by atoms with Gasteiger partial charge in [0.15, 0.2) is 0 Å². The first-order chi connectivity index (χ1) is 16.1. The highest BCUT2D eigenvalue weighted by atomic mass is 32.2. The predicted molar refractivity (Wildman–Crippen MR) is 127 cm³/mol. The molecule has 1 unspecified atom stereocenters. The smallest absolute Gasteiger partial charge is 0.279 e. The van der Waals surface area contributed by atoms with Crippen LogP contribution >= 0.6 is 0 Å². The van der Waals surface area contributed by atoms with Gasteiger partial charge in [0.25, 0.3) is 10.0 Å². The third-order valence-corrected chi connectivity index (χ3v) is 7.56. The number of benzene rings is 3. The molecule has 0 saturated heterocycles. The molecule has 1 atom stereocenters. The Morgan fingerprint density at radius 1 is 0.971 bits per heavy atom. The molecule has 0 saturated carbocycles. The van der Waals surface area contributed by atoms with Crippen molar-refractivity contribution in [3.05, 3.63) is 89.7 Å². The van der Waals surface area contributed by atoms with Gasteiger partial charge in [-0.05, 0) is 48.0 Å². The summed E-state index contributed by atoms with van der Waals surface area (Å²) in [6, 6.07) is 17.3. The number of sulfonamides is 2. The fourth-order valence-corrected chi connectivity index (χ4v) is 5.65. The van der Waals surface area contributed by atoms with Gasteiger partial charge in [-0.3, -0.25) is 4.72 Å². The zero-order valence-corrected chi connectivity index (χ0v) is 20.0. The molecule has 3 aromatic rings. The normalized spacial score (nSPS) is 16.3. The van der Waals surface area contributed by atoms with Crippen molar-refractivity contribution in [2.75, 3.05) is 18.1 Å². The maximum atomic E-state index is 14.7. The highest BCUT2D eigenvalue weighted by molar-refractivity contribution is 7.92. The van der Waals surface area contributed by atoms with E-state index in [4.69, 9.17) is 4.74 Å². The van der Waals surface area contributed by atoms with Gasteiger partial charge < -0.3 is 4.74 Å². The molecule has 8 nitrogen and oxygen atoms in total. The first-order valence-electron chi connectivity index (χ1n) is 10.2. The lowest BCUT2D eigenvalue weighted by atomic mass is 9.99. The lowest BCUT2D eigenvalue weighted by Crippen LogP contribution is -2.27. The number of hydrogen-bond acceptors (Lipinski definition) is 6. The fourth-order valence-electron chi connectivity index (χ4n) is 3.66. The third-order valence-electron chi connectivity index (χ3n) is 5.26. The summed E-state index contributed by atoms with van der Waals surface area (Å²) in [5.74, 6) is -0.0374. The van der Waals surface area contributed by atoms with Gasteiger partial charge >= 0.3 is 0 Å². The molecule has 1 aliphatic heterocycles. The number of nitrogens with one attached hydrogen (secondary N) is 1. The lowest BCUT2D eigenvalue weighted by Gasteiger charge is -2.23. The summed E-state index contributed by atoms with van der Waals surface area (Å²) in [5, 5.41) is 4.38. The number of nitrogens with zero attached hydrogens (tertiary/aromatic N) is 2. The van der Waals surface area contributed by atoms with Gasteiger partial charge in [-0.1, -0.05) is 30.3 Å². The van der Waals surface area contributed by atoms with E-state index in [0.717, 1.165) is 10.7 Å². The molecular formula is C23H22FN3O5S2. The van der Waals surface area contributed by atoms with Gasteiger partial charge in [-0.2, -0.15) is 17.9 Å². The van der Waals surface area contributed by atoms with Crippen LogP contribution in [-0.2, 0) is 20.0 Å². The topological polar surface area (TPSA) is 105 Å². The van der Waals surface area contributed by atoms with Gasteiger partial charge in [0.1, 0.15) is 11.6 Å². The Kier molecular flexibility index (Phi) is 6.32. The van der Waals surface area contributed by atoms with Crippen LogP contribution in [0.2, 0.25) is 0 Å². The van der Waals surface area contributed by atoms with E-state index in [-0.39, 0.29) is 16.9 Å². The summed E-state index contributed by atoms with van der Waals surface area (Å²) in [4.78, 5) is -0.00709. The molecule has 34 heavy (non-hydrogen) atoms. The fraction of sp³-hybridized carbons (Fsp3) is 0.174. The Bertz CT molecular complexity index is 1440. The van der Waals surface area contributed by atoms with E-state index in [0.29, 0.717) is 22.7 Å². The molecule has 11 heteroatoms. The van der Waals surface area contributed by atoms with Crippen LogP contribution in [0, 0.1) is 5.82 Å². The Morgan fingerprint density at radius 2 is 1.62 bits per heavy atom. The van der Waals surface area contributed by atoms with E-state index in [1.807, 2.05) is 0 Å². The molecule has 0 aliphatic carbocycles. The van der Waals surface area contributed by atoms with Crippen molar-refractivity contribution in [2.24, 2.45) is 5.10 Å². The molecule has 0 aromatic heterocycles. The van der Waals surface area contributed by atoms with E-state index in [1.54, 1.807) is 30.3 Å². The SMILES string of the molecule is COc1ccc(S(=O)(=O)N2N=C(c3ccc(NS(C)(=O)=O)cc3)CC2c2ccccc2F)cc1. The quantitative estimate of drug-likeness (QED) is 0.529. The van der Waals surface area contributed by atoms with Crippen molar-refractivity contribution in [1.82, 2.24) is 4.41 Å². The van der Waals surface area contributed by atoms with Gasteiger partial charge in [-0.25, -0.2) is 12.8 Å². The number of anilines is 1. The summed E-state index contributed by atoms with van der Waals surface area (Å²) in [7, 11) is -6.08. The molecule has 1 N–H and O–H groups in total. The van der Waals surface area contributed by atoms with Crippen LogP contribution in [0.1, 0.15) is 23.6 Å². The molecular weight excluding hydrogens is 481 g/mol. The minimum Gasteiger partial charge on any atom is -0.497 e. The molecule has 0 bridgehead atoms. The first kappa shape index (κ1) is 23.7. The second-order valence-electron chi connectivity index (χ2n) is 7.69. The summed E-state index contributed by atoms with van der Waals surface area (Å²) in [5.41, 5.74) is 1.58. The minimum atomic E-state index is -4.12. The van der Waals surface area contributed by atoms with E-state index in [1.165, 1.54) is 49.6 Å². The molecule has 1 heterocycles. The summed E-state index contributed by atoms with van der Waals surface area (Å²) in [6.45, 7) is 0. The van der Waals surface area contributed by atoms with Crippen molar-refractivity contribution in [3.8, 4) is 5.75 Å². The van der Waals surface area contributed by atoms with E-state index >= 15 is 0 Å². The van der Waals surface area contributed by atoms with Crippen LogP contribution in [0.4, 0.5) is 10.1 Å². The van der Waals surface area contributed by atoms with Gasteiger partial charge in [0.2, 0.25) is 10.0 Å². The van der Waals surface area contributed by atoms with Gasteiger partial charge in [-0.15, -0.1) is 0 Å². The Morgan fingerprint density at radius 3 is 2.21 bits per heavy atom. The van der Waals surface area contributed by atoms with Crippen LogP contribution < -0.4 is 9.46 Å². The second-order valence-corrected chi connectivity index (χ2v) is 11.2. The number of rotatable bonds is 7. The van der Waals surface area contributed by atoms with E-state index in [2.05, 4.69) is 9.82 Å². The molecule has 178 valence electrons. The first-order valence-corrected chi connectivity index (χ1v) is 13.5. The molecule has 1 aliphatic rings. The number of methoxy groups -OCH3 is 1. The zero-order valence-electron chi connectivity index (χ0n) is 18.3. The zero-order chi connectivity index (χ0) is 24.5. The Labute approximate surface area is 197 Å². The summed E-state index contributed by atoms with van der Waals surface area (Å²) < 4.78 is 73.0. The van der Waals surface area contributed by atoms with Crippen molar-refractivity contribution in [2.45, 2.75) is 17.4 Å². The van der Waals surface area contributed by atoms with Crippen molar-refractivity contribution in [3.63, 3.8) is 0 Å². The summed E-state index contributed by atoms with van der Waals surface area (Å²) >= 11 is 0. The van der Waals surface area contributed by atoms with Crippen molar-refractivity contribution in [1.29, 1.82) is 0 Å². The minimum absolute atomic E-state index is 0.00709. The van der Waals surface area contributed by atoms with Gasteiger partial charge in [0, 0.05) is 17.7 Å². The molecule has 4 rings (SSSR count). The monoisotopic (exact) mass is 503 g/mol. The molecule has 0 spiro atoms. The van der Waals surface area contributed by atoms with Crippen LogP contribution in [-0.4, -0.2) is 40.3 Å². The Balaban J connectivity index is 1.74. The number of hydrazone groups is 1. The van der Waals surface area contributed by atoms with E-state index in [9.17, 15) is 21.2 Å². The van der Waals surface area contributed by atoms with Crippen LogP contribution in [0.3, 0.4) is 0 Å². The maximum Gasteiger partial charge on any atom is 0.279 e. The largest absolute Gasteiger partial charge is 0.497 e. The Hall–Kier alpha value is -3.44. The van der Waals surface area contributed by atoms with Crippen molar-refractivity contribution < 1.29 is 26.0 Å². The van der Waals surface area contributed by atoms with Crippen LogP contribution in [0.25, 0.3) is 0 Å². The average Bonchev–Trinajstić information content (AvgIpc) is 3.25. The highest BCUT2D eigenvalue weighted by Gasteiger charge is 2.38. The second kappa shape index (κ2) is 9.07. The molecule has 0 radical (unpaired) electrons. The van der Waals surface area contributed by atoms with Crippen LogP contribution in [0.15, 0.2) is 82.8 Å². The predicted octanol–water partition coefficient (Wildman–Crippen LogP) is 3.75.